The highest BCUT2D eigenvalue weighted by molar-refractivity contribution is 8.00. The molecule has 1 aromatic heterocycles. The van der Waals surface area contributed by atoms with E-state index in [0.29, 0.717) is 48.6 Å². The number of hydrogen-bond donors (Lipinski definition) is 0. The molecule has 1 aliphatic heterocycles. The summed E-state index contributed by atoms with van der Waals surface area (Å²) in [6.45, 7) is 9.47. The van der Waals surface area contributed by atoms with E-state index in [4.69, 9.17) is 9.47 Å². The largest absolute Gasteiger partial charge is 0.466 e. The zero-order valence-electron chi connectivity index (χ0n) is 25.3. The molecule has 2 aromatic carbocycles. The normalized spacial score (nSPS) is 14.8. The van der Waals surface area contributed by atoms with Gasteiger partial charge < -0.3 is 18.9 Å². The van der Waals surface area contributed by atoms with E-state index in [0.717, 1.165) is 23.9 Å². The summed E-state index contributed by atoms with van der Waals surface area (Å²) in [4.78, 5) is 43.5. The molecule has 0 atom stereocenters. The molecule has 2 heterocycles. The maximum absolute atomic E-state index is 13.4. The highest BCUT2D eigenvalue weighted by atomic mass is 32.2. The zero-order chi connectivity index (χ0) is 32.1. The van der Waals surface area contributed by atoms with Crippen LogP contribution in [0, 0.1) is 0 Å². The van der Waals surface area contributed by atoms with E-state index in [2.05, 4.69) is 24.6 Å². The summed E-state index contributed by atoms with van der Waals surface area (Å²) in [7, 11) is -1.42. The van der Waals surface area contributed by atoms with Gasteiger partial charge >= 0.3 is 12.1 Å². The highest BCUT2D eigenvalue weighted by Gasteiger charge is 2.31. The Bertz CT molecular complexity index is 1600. The lowest BCUT2D eigenvalue weighted by atomic mass is 10.1. The molecule has 14 heteroatoms. The Morgan fingerprint density at radius 2 is 1.82 bits per heavy atom. The number of esters is 1. The Kier molecular flexibility index (Phi) is 10.8. The third-order valence-electron chi connectivity index (χ3n) is 7.01. The fourth-order valence-corrected chi connectivity index (χ4v) is 6.24. The van der Waals surface area contributed by atoms with E-state index in [1.165, 1.54) is 19.1 Å². The number of nitrogens with zero attached hydrogens (tertiary/aromatic N) is 4. The van der Waals surface area contributed by atoms with Crippen molar-refractivity contribution in [2.75, 3.05) is 36.2 Å². The van der Waals surface area contributed by atoms with Crippen LogP contribution in [0.4, 0.5) is 18.9 Å². The first-order valence-electron chi connectivity index (χ1n) is 14.3. The number of halogens is 3. The molecule has 1 aliphatic rings. The summed E-state index contributed by atoms with van der Waals surface area (Å²) in [5, 5.41) is 0. The minimum Gasteiger partial charge on any atom is -0.466 e. The van der Waals surface area contributed by atoms with E-state index in [-0.39, 0.29) is 30.4 Å². The van der Waals surface area contributed by atoms with Crippen LogP contribution in [0.3, 0.4) is 0 Å². The summed E-state index contributed by atoms with van der Waals surface area (Å²) in [5.41, 5.74) is 1.03. The number of carbonyl (C=O) groups excluding carboxylic acids is 3. The van der Waals surface area contributed by atoms with E-state index < -0.39 is 31.7 Å². The molecule has 3 aromatic rings. The standard InChI is InChI=1S/C30H37F3N4O5SSi/c1-21(38)42-13-6-11-36-25-10-9-24(35-12-15-43-19-27(35)39)18-26(25)37(20-41-14-16-44(2,3)4)29(36)34-28(40)22-7-5-8-23(17-22)30(31,32)33/h5,7-10,17-18H,6,11-16,19-20H2,1-4H3. The van der Waals surface area contributed by atoms with E-state index in [9.17, 15) is 27.6 Å². The van der Waals surface area contributed by atoms with Crippen LogP contribution >= 0.6 is 11.8 Å². The van der Waals surface area contributed by atoms with Crippen molar-refractivity contribution < 1.29 is 37.0 Å². The molecule has 0 aliphatic carbocycles. The van der Waals surface area contributed by atoms with Crippen molar-refractivity contribution in [1.82, 2.24) is 9.13 Å². The van der Waals surface area contributed by atoms with Crippen LogP contribution in [0.5, 0.6) is 0 Å². The molecule has 238 valence electrons. The summed E-state index contributed by atoms with van der Waals surface area (Å²) in [5.74, 6) is -0.108. The molecule has 44 heavy (non-hydrogen) atoms. The Morgan fingerprint density at radius 1 is 1.05 bits per heavy atom. The summed E-state index contributed by atoms with van der Waals surface area (Å²) in [6.07, 6.45) is -4.23. The number of amides is 2. The predicted octanol–water partition coefficient (Wildman–Crippen LogP) is 5.55. The van der Waals surface area contributed by atoms with Crippen LogP contribution in [-0.4, -0.2) is 66.3 Å². The summed E-state index contributed by atoms with van der Waals surface area (Å²) >= 11 is 1.57. The quantitative estimate of drug-likeness (QED) is 0.154. The van der Waals surface area contributed by atoms with E-state index in [1.807, 2.05) is 18.2 Å². The number of imidazole rings is 1. The van der Waals surface area contributed by atoms with E-state index in [1.54, 1.807) is 25.8 Å². The van der Waals surface area contributed by atoms with Crippen LogP contribution in [-0.2, 0) is 38.5 Å². The van der Waals surface area contributed by atoms with Gasteiger partial charge in [0.2, 0.25) is 11.5 Å². The second-order valence-electron chi connectivity index (χ2n) is 11.7. The van der Waals surface area contributed by atoms with Gasteiger partial charge in [0.25, 0.3) is 5.91 Å². The van der Waals surface area contributed by atoms with Crippen molar-refractivity contribution in [1.29, 1.82) is 0 Å². The average Bonchev–Trinajstić information content (AvgIpc) is 3.23. The van der Waals surface area contributed by atoms with Gasteiger partial charge in [-0.1, -0.05) is 25.7 Å². The smallest absolute Gasteiger partial charge is 0.416 e. The number of aryl methyl sites for hydroxylation is 1. The van der Waals surface area contributed by atoms with Gasteiger partial charge in [-0.25, -0.2) is 0 Å². The SMILES string of the molecule is CC(=O)OCCCn1c(=NC(=O)c2cccc(C(F)(F)F)c2)n(COCC[Si](C)(C)C)c2cc(N3CCSCC3=O)ccc21. The van der Waals surface area contributed by atoms with Gasteiger partial charge in [0, 0.05) is 51.7 Å². The molecule has 9 nitrogen and oxygen atoms in total. The molecule has 4 rings (SSSR count). The Hall–Kier alpha value is -3.36. The van der Waals surface area contributed by atoms with Crippen LogP contribution in [0.25, 0.3) is 11.0 Å². The minimum absolute atomic E-state index is 0.0102. The summed E-state index contributed by atoms with van der Waals surface area (Å²) in [6, 6.07) is 10.6. The maximum Gasteiger partial charge on any atom is 0.416 e. The Morgan fingerprint density at radius 3 is 2.50 bits per heavy atom. The first-order chi connectivity index (χ1) is 20.7. The molecule has 0 unspecified atom stereocenters. The number of alkyl halides is 3. The molecular formula is C30H37F3N4O5SSi. The lowest BCUT2D eigenvalue weighted by Crippen LogP contribution is -2.38. The first-order valence-corrected chi connectivity index (χ1v) is 19.2. The maximum atomic E-state index is 13.4. The Balaban J connectivity index is 1.85. The predicted molar refractivity (Wildman–Crippen MR) is 166 cm³/mol. The number of carbonyl (C=O) groups is 3. The second kappa shape index (κ2) is 14.2. The number of thioether (sulfide) groups is 1. The van der Waals surface area contributed by atoms with Crippen molar-refractivity contribution in [3.05, 3.63) is 59.2 Å². The number of benzene rings is 2. The van der Waals surface area contributed by atoms with Gasteiger partial charge in [-0.3, -0.25) is 19.0 Å². The average molecular weight is 651 g/mol. The molecule has 0 spiro atoms. The van der Waals surface area contributed by atoms with Gasteiger partial charge in [0.15, 0.2) is 0 Å². The van der Waals surface area contributed by atoms with E-state index >= 15 is 0 Å². The van der Waals surface area contributed by atoms with Gasteiger partial charge in [0.1, 0.15) is 6.73 Å². The summed E-state index contributed by atoms with van der Waals surface area (Å²) < 4.78 is 54.9. The third kappa shape index (κ3) is 8.63. The number of rotatable bonds is 11. The van der Waals surface area contributed by atoms with Crippen molar-refractivity contribution in [2.24, 2.45) is 4.99 Å². The third-order valence-corrected chi connectivity index (χ3v) is 9.63. The van der Waals surface area contributed by atoms with Crippen molar-refractivity contribution in [3.8, 4) is 0 Å². The molecule has 0 bridgehead atoms. The van der Waals surface area contributed by atoms with Crippen molar-refractivity contribution in [2.45, 2.75) is 58.5 Å². The molecule has 2 amide bonds. The van der Waals surface area contributed by atoms with Gasteiger partial charge in [0.05, 0.1) is 29.0 Å². The number of fused-ring (bicyclic) bond motifs is 1. The zero-order valence-corrected chi connectivity index (χ0v) is 27.1. The van der Waals surface area contributed by atoms with Crippen molar-refractivity contribution >= 4 is 54.3 Å². The Labute approximate surface area is 259 Å². The van der Waals surface area contributed by atoms with Gasteiger partial charge in [-0.05, 0) is 48.9 Å². The highest BCUT2D eigenvalue weighted by Crippen LogP contribution is 2.30. The molecule has 0 saturated carbocycles. The first kappa shape index (κ1) is 33.5. The molecule has 1 fully saturated rings. The minimum atomic E-state index is -4.62. The number of hydrogen-bond acceptors (Lipinski definition) is 6. The van der Waals surface area contributed by atoms with Crippen LogP contribution in [0.2, 0.25) is 25.7 Å². The molecule has 0 N–H and O–H groups in total. The van der Waals surface area contributed by atoms with Crippen LogP contribution in [0.1, 0.15) is 29.3 Å². The lowest BCUT2D eigenvalue weighted by Gasteiger charge is -2.26. The topological polar surface area (TPSA) is 95.1 Å². The number of aromatic nitrogens is 2. The van der Waals surface area contributed by atoms with Gasteiger partial charge in [-0.2, -0.15) is 29.9 Å². The van der Waals surface area contributed by atoms with Crippen LogP contribution < -0.4 is 10.5 Å². The molecule has 0 radical (unpaired) electrons. The fourth-order valence-electron chi connectivity index (χ4n) is 4.70. The monoisotopic (exact) mass is 650 g/mol. The fraction of sp³-hybridized carbons (Fsp3) is 0.467. The number of anilines is 1. The number of ether oxygens (including phenoxy) is 2. The van der Waals surface area contributed by atoms with Crippen molar-refractivity contribution in [3.63, 3.8) is 0 Å². The molecule has 1 saturated heterocycles. The molecular weight excluding hydrogens is 614 g/mol. The second-order valence-corrected chi connectivity index (χ2v) is 18.4. The van der Waals surface area contributed by atoms with Gasteiger partial charge in [-0.15, -0.1) is 0 Å². The van der Waals surface area contributed by atoms with Crippen LogP contribution in [0.15, 0.2) is 47.5 Å². The lowest BCUT2D eigenvalue weighted by molar-refractivity contribution is -0.141.